The monoisotopic (exact) mass is 346 g/mol. The molecule has 0 radical (unpaired) electrons. The fourth-order valence-corrected chi connectivity index (χ4v) is 2.50. The first-order valence-corrected chi connectivity index (χ1v) is 8.11. The molecule has 4 heteroatoms. The van der Waals surface area contributed by atoms with E-state index in [0.29, 0.717) is 13.0 Å². The van der Waals surface area contributed by atoms with Gasteiger partial charge in [-0.25, -0.2) is 0 Å². The normalized spacial score (nSPS) is 14.0. The van der Waals surface area contributed by atoms with Crippen LogP contribution in [-0.4, -0.2) is 18.4 Å². The Morgan fingerprint density at radius 3 is 2.40 bits per heavy atom. The summed E-state index contributed by atoms with van der Waals surface area (Å²) < 4.78 is 6.09. The largest absolute Gasteiger partial charge is 0.465 e. The minimum atomic E-state index is -1.06. The number of carbonyl (C=O) groups excluding carboxylic acids is 2. The van der Waals surface area contributed by atoms with E-state index in [2.05, 4.69) is 28.9 Å². The Kier molecular flexibility index (Phi) is 9.03. The molecule has 0 saturated heterocycles. The molecule has 3 nitrogen and oxygen atoms in total. The Labute approximate surface area is 131 Å². The van der Waals surface area contributed by atoms with Gasteiger partial charge in [-0.2, -0.15) is 0 Å². The number of unbranched alkanes of at least 4 members (excludes halogenated alkanes) is 1. The van der Waals surface area contributed by atoms with Gasteiger partial charge in [0.05, 0.1) is 6.61 Å². The summed E-state index contributed by atoms with van der Waals surface area (Å²) >= 11 is 3.53. The lowest BCUT2D eigenvalue weighted by atomic mass is 9.83. The summed E-state index contributed by atoms with van der Waals surface area (Å²) in [6, 6.07) is 0. The molecule has 0 rings (SSSR count). The van der Waals surface area contributed by atoms with Crippen LogP contribution in [0.3, 0.4) is 0 Å². The molecule has 0 amide bonds. The highest BCUT2D eigenvalue weighted by Crippen LogP contribution is 2.25. The summed E-state index contributed by atoms with van der Waals surface area (Å²) in [6.45, 7) is 9.45. The molecule has 1 unspecified atom stereocenters. The van der Waals surface area contributed by atoms with Crippen LogP contribution in [0, 0.1) is 11.3 Å². The summed E-state index contributed by atoms with van der Waals surface area (Å²) in [4.78, 5) is 24.0. The van der Waals surface area contributed by atoms with Gasteiger partial charge in [0.1, 0.15) is 11.2 Å². The van der Waals surface area contributed by atoms with Gasteiger partial charge in [-0.3, -0.25) is 9.59 Å². The summed E-state index contributed by atoms with van der Waals surface area (Å²) in [5.74, 6) is -0.399. The van der Waals surface area contributed by atoms with E-state index in [1.165, 1.54) is 0 Å². The number of ketones is 1. The first-order valence-electron chi connectivity index (χ1n) is 7.32. The van der Waals surface area contributed by atoms with Gasteiger partial charge in [-0.05, 0) is 44.0 Å². The van der Waals surface area contributed by atoms with Crippen molar-refractivity contribution in [1.82, 2.24) is 0 Å². The quantitative estimate of drug-likeness (QED) is 0.451. The van der Waals surface area contributed by atoms with Gasteiger partial charge in [-0.1, -0.05) is 42.3 Å². The topological polar surface area (TPSA) is 43.4 Å². The molecule has 0 aromatic rings. The number of allylic oxidation sites excluding steroid dienone is 2. The maximum Gasteiger partial charge on any atom is 0.319 e. The molecule has 0 heterocycles. The molecule has 0 aliphatic rings. The third-order valence-electron chi connectivity index (χ3n) is 3.22. The summed E-state index contributed by atoms with van der Waals surface area (Å²) in [6.07, 6.45) is 5.69. The van der Waals surface area contributed by atoms with Crippen molar-refractivity contribution in [2.45, 2.75) is 60.3 Å². The second-order valence-electron chi connectivity index (χ2n) is 5.67. The van der Waals surface area contributed by atoms with Gasteiger partial charge in [0, 0.05) is 6.42 Å². The predicted octanol–water partition coefficient (Wildman–Crippen LogP) is 4.64. The van der Waals surface area contributed by atoms with Crippen molar-refractivity contribution >= 4 is 27.7 Å². The molecule has 116 valence electrons. The molecule has 0 N–H and O–H groups in total. The standard InChI is InChI=1S/C16H27BrO3/c1-6-8-9-13(17)10-12(3)11-14(18)16(4,5)15(19)20-7-2/h10,12H,6-9,11H2,1-5H3/b13-10-. The molecule has 0 aromatic carbocycles. The average Bonchev–Trinajstić information content (AvgIpc) is 2.36. The Morgan fingerprint density at radius 1 is 1.30 bits per heavy atom. The third kappa shape index (κ3) is 6.69. The fraction of sp³-hybridized carbons (Fsp3) is 0.750. The van der Waals surface area contributed by atoms with Crippen molar-refractivity contribution in [1.29, 1.82) is 0 Å². The molecular formula is C16H27BrO3. The number of Topliss-reactive ketones (excluding diaryl/α,β-unsaturated/α-hetero) is 1. The lowest BCUT2D eigenvalue weighted by Crippen LogP contribution is -2.35. The number of ether oxygens (including phenoxy) is 1. The van der Waals surface area contributed by atoms with E-state index >= 15 is 0 Å². The maximum atomic E-state index is 12.2. The number of carbonyl (C=O) groups is 2. The second kappa shape index (κ2) is 9.32. The van der Waals surface area contributed by atoms with Crippen molar-refractivity contribution in [3.05, 3.63) is 10.6 Å². The molecular weight excluding hydrogens is 320 g/mol. The zero-order chi connectivity index (χ0) is 15.8. The van der Waals surface area contributed by atoms with E-state index in [1.807, 2.05) is 6.92 Å². The summed E-state index contributed by atoms with van der Waals surface area (Å²) in [5.41, 5.74) is -1.06. The van der Waals surface area contributed by atoms with Crippen molar-refractivity contribution in [2.75, 3.05) is 6.61 Å². The first-order chi connectivity index (χ1) is 9.25. The van der Waals surface area contributed by atoms with E-state index in [1.54, 1.807) is 20.8 Å². The Bertz CT molecular complexity index is 359. The SMILES string of the molecule is CCCC/C(Br)=C/C(C)CC(=O)C(C)(C)C(=O)OCC. The molecule has 20 heavy (non-hydrogen) atoms. The van der Waals surface area contributed by atoms with Crippen molar-refractivity contribution < 1.29 is 14.3 Å². The molecule has 0 aliphatic carbocycles. The third-order valence-corrected chi connectivity index (χ3v) is 3.89. The van der Waals surface area contributed by atoms with Crippen LogP contribution in [-0.2, 0) is 14.3 Å². The van der Waals surface area contributed by atoms with Crippen LogP contribution in [0.15, 0.2) is 10.6 Å². The van der Waals surface area contributed by atoms with Crippen LogP contribution in [0.25, 0.3) is 0 Å². The van der Waals surface area contributed by atoms with E-state index in [0.717, 1.165) is 23.7 Å². The van der Waals surface area contributed by atoms with Crippen LogP contribution >= 0.6 is 15.9 Å². The zero-order valence-corrected chi connectivity index (χ0v) is 14.9. The zero-order valence-electron chi connectivity index (χ0n) is 13.3. The Morgan fingerprint density at radius 2 is 1.90 bits per heavy atom. The molecule has 0 saturated carbocycles. The highest BCUT2D eigenvalue weighted by atomic mass is 79.9. The van der Waals surface area contributed by atoms with Gasteiger partial charge in [-0.15, -0.1) is 0 Å². The van der Waals surface area contributed by atoms with Crippen molar-refractivity contribution in [3.63, 3.8) is 0 Å². The van der Waals surface area contributed by atoms with Gasteiger partial charge in [0.25, 0.3) is 0 Å². The minimum Gasteiger partial charge on any atom is -0.465 e. The van der Waals surface area contributed by atoms with Crippen LogP contribution in [0.5, 0.6) is 0 Å². The van der Waals surface area contributed by atoms with E-state index in [4.69, 9.17) is 4.74 Å². The van der Waals surface area contributed by atoms with Gasteiger partial charge >= 0.3 is 5.97 Å². The predicted molar refractivity (Wildman–Crippen MR) is 85.7 cm³/mol. The maximum absolute atomic E-state index is 12.2. The smallest absolute Gasteiger partial charge is 0.319 e. The van der Waals surface area contributed by atoms with Crippen LogP contribution < -0.4 is 0 Å². The lowest BCUT2D eigenvalue weighted by Gasteiger charge is -2.22. The number of halogens is 1. The molecule has 0 bridgehead atoms. The van der Waals surface area contributed by atoms with Crippen LogP contribution in [0.2, 0.25) is 0 Å². The number of hydrogen-bond acceptors (Lipinski definition) is 3. The van der Waals surface area contributed by atoms with E-state index < -0.39 is 11.4 Å². The second-order valence-corrected chi connectivity index (χ2v) is 6.69. The molecule has 0 aliphatic heterocycles. The van der Waals surface area contributed by atoms with Gasteiger partial charge in [0.15, 0.2) is 0 Å². The number of esters is 1. The van der Waals surface area contributed by atoms with Crippen LogP contribution in [0.1, 0.15) is 60.3 Å². The average molecular weight is 347 g/mol. The highest BCUT2D eigenvalue weighted by molar-refractivity contribution is 9.11. The van der Waals surface area contributed by atoms with Crippen LogP contribution in [0.4, 0.5) is 0 Å². The molecule has 1 atom stereocenters. The van der Waals surface area contributed by atoms with Gasteiger partial charge in [0.2, 0.25) is 0 Å². The molecule has 0 spiro atoms. The van der Waals surface area contributed by atoms with Crippen molar-refractivity contribution in [3.8, 4) is 0 Å². The summed E-state index contributed by atoms with van der Waals surface area (Å²) in [5, 5.41) is 0. The number of rotatable bonds is 9. The van der Waals surface area contributed by atoms with E-state index in [9.17, 15) is 9.59 Å². The first kappa shape index (κ1) is 19.4. The Hall–Kier alpha value is -0.640. The number of hydrogen-bond donors (Lipinski definition) is 0. The minimum absolute atomic E-state index is 0.0736. The highest BCUT2D eigenvalue weighted by Gasteiger charge is 2.37. The van der Waals surface area contributed by atoms with E-state index in [-0.39, 0.29) is 11.7 Å². The fourth-order valence-electron chi connectivity index (χ4n) is 1.77. The Balaban J connectivity index is 4.55. The van der Waals surface area contributed by atoms with Gasteiger partial charge < -0.3 is 4.74 Å². The summed E-state index contributed by atoms with van der Waals surface area (Å²) in [7, 11) is 0. The lowest BCUT2D eigenvalue weighted by molar-refractivity contribution is -0.158. The van der Waals surface area contributed by atoms with Crippen molar-refractivity contribution in [2.24, 2.45) is 11.3 Å². The molecule has 0 aromatic heterocycles. The molecule has 0 fully saturated rings.